The number of rotatable bonds is 5. The molecule has 2 aliphatic rings. The summed E-state index contributed by atoms with van der Waals surface area (Å²) in [6, 6.07) is 8.58. The first kappa shape index (κ1) is 19.9. The van der Waals surface area contributed by atoms with Gasteiger partial charge in [-0.15, -0.1) is 5.10 Å². The Morgan fingerprint density at radius 1 is 1.19 bits per heavy atom. The van der Waals surface area contributed by atoms with Crippen molar-refractivity contribution < 1.29 is 14.4 Å². The first-order valence-electron chi connectivity index (χ1n) is 10.4. The van der Waals surface area contributed by atoms with Crippen LogP contribution in [0.3, 0.4) is 0 Å². The fourth-order valence-electron chi connectivity index (χ4n) is 4.09. The summed E-state index contributed by atoms with van der Waals surface area (Å²) < 4.78 is 1.65. The van der Waals surface area contributed by atoms with E-state index in [-0.39, 0.29) is 18.2 Å². The summed E-state index contributed by atoms with van der Waals surface area (Å²) in [7, 11) is 0. The third-order valence-electron chi connectivity index (χ3n) is 5.68. The quantitative estimate of drug-likeness (QED) is 0.587. The zero-order chi connectivity index (χ0) is 22.2. The van der Waals surface area contributed by atoms with Crippen LogP contribution in [-0.2, 0) is 16.1 Å². The average Bonchev–Trinajstić information content (AvgIpc) is 3.40. The molecule has 0 saturated carbocycles. The summed E-state index contributed by atoms with van der Waals surface area (Å²) in [4.78, 5) is 42.3. The molecule has 0 radical (unpaired) electrons. The number of imide groups is 1. The van der Waals surface area contributed by atoms with Gasteiger partial charge in [-0.05, 0) is 49.2 Å². The number of fused-ring (bicyclic) bond motifs is 1. The largest absolute Gasteiger partial charge is 0.370 e. The lowest BCUT2D eigenvalue weighted by molar-refractivity contribution is -0.136. The molecule has 162 valence electrons. The molecule has 3 amide bonds. The van der Waals surface area contributed by atoms with Crippen molar-refractivity contribution >= 4 is 23.5 Å². The second-order valence-electron chi connectivity index (χ2n) is 7.75. The van der Waals surface area contributed by atoms with Gasteiger partial charge in [-0.2, -0.15) is 0 Å². The van der Waals surface area contributed by atoms with E-state index in [0.29, 0.717) is 24.2 Å². The smallest absolute Gasteiger partial charge is 0.255 e. The summed E-state index contributed by atoms with van der Waals surface area (Å²) >= 11 is 0. The van der Waals surface area contributed by atoms with Crippen molar-refractivity contribution in [3.63, 3.8) is 0 Å². The maximum absolute atomic E-state index is 12.9. The molecule has 32 heavy (non-hydrogen) atoms. The Morgan fingerprint density at radius 2 is 2.06 bits per heavy atom. The number of nitrogens with one attached hydrogen (secondary N) is 2. The van der Waals surface area contributed by atoms with Crippen LogP contribution in [-0.4, -0.2) is 55.2 Å². The highest BCUT2D eigenvalue weighted by molar-refractivity contribution is 6.05. The van der Waals surface area contributed by atoms with Crippen LogP contribution in [0.4, 0.5) is 5.82 Å². The van der Waals surface area contributed by atoms with Crippen molar-refractivity contribution in [2.24, 2.45) is 0 Å². The summed E-state index contributed by atoms with van der Waals surface area (Å²) in [6.07, 6.45) is 4.11. The van der Waals surface area contributed by atoms with Crippen LogP contribution in [0.2, 0.25) is 0 Å². The van der Waals surface area contributed by atoms with Gasteiger partial charge in [-0.1, -0.05) is 5.21 Å². The number of nitrogens with zero attached hydrogens (tertiary/aromatic N) is 5. The van der Waals surface area contributed by atoms with Gasteiger partial charge in [0.05, 0.1) is 11.9 Å². The standard InChI is InChI=1S/C22H21N7O3/c1-2-23-19-10-13(7-8-24-19)17-12-29(27-26-17)15-3-4-16-14(9-15)11-28(22(16)32)18-5-6-20(30)25-21(18)31/h3-4,7-10,12,18H,2,5-6,11H2,1H3,(H,23,24)(H,25,30,31). The second kappa shape index (κ2) is 7.88. The maximum atomic E-state index is 12.9. The highest BCUT2D eigenvalue weighted by atomic mass is 16.2. The first-order valence-corrected chi connectivity index (χ1v) is 10.4. The van der Waals surface area contributed by atoms with Gasteiger partial charge in [0.2, 0.25) is 11.8 Å². The molecule has 1 aromatic carbocycles. The van der Waals surface area contributed by atoms with E-state index in [1.807, 2.05) is 31.3 Å². The summed E-state index contributed by atoms with van der Waals surface area (Å²) in [5.41, 5.74) is 3.73. The third-order valence-corrected chi connectivity index (χ3v) is 5.68. The number of hydrogen-bond acceptors (Lipinski definition) is 7. The molecule has 1 unspecified atom stereocenters. The van der Waals surface area contributed by atoms with E-state index in [4.69, 9.17) is 0 Å². The number of amides is 3. The van der Waals surface area contributed by atoms with Crippen LogP contribution < -0.4 is 10.6 Å². The van der Waals surface area contributed by atoms with Crippen LogP contribution in [0.25, 0.3) is 16.9 Å². The van der Waals surface area contributed by atoms with E-state index in [1.165, 1.54) is 4.90 Å². The van der Waals surface area contributed by atoms with E-state index in [0.717, 1.165) is 29.2 Å². The lowest BCUT2D eigenvalue weighted by Crippen LogP contribution is -2.52. The van der Waals surface area contributed by atoms with Crippen molar-refractivity contribution in [3.8, 4) is 16.9 Å². The molecule has 3 aromatic rings. The van der Waals surface area contributed by atoms with Gasteiger partial charge in [0, 0.05) is 36.8 Å². The molecule has 2 aromatic heterocycles. The number of benzene rings is 1. The zero-order valence-corrected chi connectivity index (χ0v) is 17.4. The minimum absolute atomic E-state index is 0.201. The number of piperidine rings is 1. The third kappa shape index (κ3) is 3.49. The Morgan fingerprint density at radius 3 is 2.88 bits per heavy atom. The molecule has 0 bridgehead atoms. The van der Waals surface area contributed by atoms with E-state index in [2.05, 4.69) is 25.9 Å². The van der Waals surface area contributed by atoms with Gasteiger partial charge in [-0.25, -0.2) is 9.67 Å². The zero-order valence-electron chi connectivity index (χ0n) is 17.4. The molecular formula is C22H21N7O3. The van der Waals surface area contributed by atoms with Gasteiger partial charge >= 0.3 is 0 Å². The Balaban J connectivity index is 1.39. The van der Waals surface area contributed by atoms with Gasteiger partial charge in [0.15, 0.2) is 0 Å². The summed E-state index contributed by atoms with van der Waals surface area (Å²) in [6.45, 7) is 3.09. The highest BCUT2D eigenvalue weighted by Gasteiger charge is 2.39. The Hall–Kier alpha value is -4.08. The molecule has 10 nitrogen and oxygen atoms in total. The first-order chi connectivity index (χ1) is 15.5. The molecule has 0 aliphatic carbocycles. The lowest BCUT2D eigenvalue weighted by Gasteiger charge is -2.29. The lowest BCUT2D eigenvalue weighted by atomic mass is 10.0. The van der Waals surface area contributed by atoms with Crippen LogP contribution in [0.1, 0.15) is 35.7 Å². The van der Waals surface area contributed by atoms with E-state index in [9.17, 15) is 14.4 Å². The topological polar surface area (TPSA) is 122 Å². The highest BCUT2D eigenvalue weighted by Crippen LogP contribution is 2.29. The predicted octanol–water partition coefficient (Wildman–Crippen LogP) is 1.52. The molecule has 10 heteroatoms. The molecule has 2 aliphatic heterocycles. The van der Waals surface area contributed by atoms with Crippen molar-refractivity contribution in [3.05, 3.63) is 53.9 Å². The number of anilines is 1. The number of pyridine rings is 1. The molecule has 2 N–H and O–H groups in total. The second-order valence-corrected chi connectivity index (χ2v) is 7.75. The van der Waals surface area contributed by atoms with E-state index >= 15 is 0 Å². The van der Waals surface area contributed by atoms with Gasteiger partial charge in [-0.3, -0.25) is 19.7 Å². The van der Waals surface area contributed by atoms with Gasteiger partial charge < -0.3 is 10.2 Å². The number of hydrogen-bond donors (Lipinski definition) is 2. The SMILES string of the molecule is CCNc1cc(-c2cn(-c3ccc4c(c3)CN(C3CCC(=O)NC3=O)C4=O)nn2)ccn1. The van der Waals surface area contributed by atoms with Crippen molar-refractivity contribution in [1.82, 2.24) is 30.2 Å². The molecule has 1 atom stereocenters. The van der Waals surface area contributed by atoms with Crippen molar-refractivity contribution in [1.29, 1.82) is 0 Å². The Labute approximate surface area is 183 Å². The monoisotopic (exact) mass is 431 g/mol. The molecule has 5 rings (SSSR count). The fraction of sp³-hybridized carbons (Fsp3) is 0.273. The summed E-state index contributed by atoms with van der Waals surface area (Å²) in [5, 5.41) is 14.0. The van der Waals surface area contributed by atoms with Crippen LogP contribution in [0.5, 0.6) is 0 Å². The van der Waals surface area contributed by atoms with Crippen LogP contribution in [0, 0.1) is 0 Å². The molecule has 4 heterocycles. The number of carbonyl (C=O) groups excluding carboxylic acids is 3. The predicted molar refractivity (Wildman–Crippen MR) is 115 cm³/mol. The van der Waals surface area contributed by atoms with Crippen molar-refractivity contribution in [2.45, 2.75) is 32.4 Å². The Kier molecular flexibility index (Phi) is 4.89. The van der Waals surface area contributed by atoms with Crippen LogP contribution in [0.15, 0.2) is 42.7 Å². The van der Waals surface area contributed by atoms with Crippen molar-refractivity contribution in [2.75, 3.05) is 11.9 Å². The minimum Gasteiger partial charge on any atom is -0.370 e. The minimum atomic E-state index is -0.633. The van der Waals surface area contributed by atoms with Gasteiger partial charge in [0.1, 0.15) is 17.6 Å². The molecule has 0 spiro atoms. The summed E-state index contributed by atoms with van der Waals surface area (Å²) in [5.74, 6) is -0.151. The normalized spacial score (nSPS) is 18.0. The maximum Gasteiger partial charge on any atom is 0.255 e. The fourth-order valence-corrected chi connectivity index (χ4v) is 4.09. The van der Waals surface area contributed by atoms with E-state index < -0.39 is 11.9 Å². The average molecular weight is 431 g/mol. The molecule has 1 saturated heterocycles. The van der Waals surface area contributed by atoms with E-state index in [1.54, 1.807) is 23.0 Å². The Bertz CT molecular complexity index is 1240. The van der Waals surface area contributed by atoms with Gasteiger partial charge in [0.25, 0.3) is 5.91 Å². The number of carbonyl (C=O) groups is 3. The molecule has 1 fully saturated rings. The molecular weight excluding hydrogens is 410 g/mol. The van der Waals surface area contributed by atoms with Crippen LogP contribution >= 0.6 is 0 Å². The number of aromatic nitrogens is 4.